The lowest BCUT2D eigenvalue weighted by molar-refractivity contribution is 0.778. The van der Waals surface area contributed by atoms with Crippen LogP contribution in [0, 0.1) is 13.8 Å². The van der Waals surface area contributed by atoms with E-state index in [-0.39, 0.29) is 5.56 Å². The highest BCUT2D eigenvalue weighted by molar-refractivity contribution is 5.57. The number of hydrogen-bond acceptors (Lipinski definition) is 3. The van der Waals surface area contributed by atoms with Crippen molar-refractivity contribution in [3.8, 4) is 0 Å². The van der Waals surface area contributed by atoms with E-state index in [0.717, 1.165) is 15.8 Å². The Morgan fingerprint density at radius 2 is 1.83 bits per heavy atom. The Hall–Kier alpha value is -2.30. The number of anilines is 2. The summed E-state index contributed by atoms with van der Waals surface area (Å²) in [6.45, 7) is 4.03. The summed E-state index contributed by atoms with van der Waals surface area (Å²) in [5, 5.41) is 3.01. The van der Waals surface area contributed by atoms with E-state index >= 15 is 0 Å². The van der Waals surface area contributed by atoms with Crippen molar-refractivity contribution < 1.29 is 0 Å². The van der Waals surface area contributed by atoms with E-state index in [0.29, 0.717) is 5.82 Å². The van der Waals surface area contributed by atoms with Crippen molar-refractivity contribution in [2.75, 3.05) is 5.32 Å². The van der Waals surface area contributed by atoms with Crippen molar-refractivity contribution in [1.29, 1.82) is 0 Å². The third-order valence-corrected chi connectivity index (χ3v) is 2.93. The maximum absolute atomic E-state index is 11.5. The van der Waals surface area contributed by atoms with Gasteiger partial charge in [0.25, 0.3) is 5.56 Å². The third kappa shape index (κ3) is 2.34. The summed E-state index contributed by atoms with van der Waals surface area (Å²) in [7, 11) is 1.43. The van der Waals surface area contributed by atoms with E-state index in [1.165, 1.54) is 18.7 Å². The fourth-order valence-corrected chi connectivity index (χ4v) is 1.60. The first kappa shape index (κ1) is 12.2. The number of rotatable bonds is 2. The summed E-state index contributed by atoms with van der Waals surface area (Å²) in [6.07, 6.45) is 0. The van der Waals surface area contributed by atoms with E-state index < -0.39 is 5.69 Å². The van der Waals surface area contributed by atoms with Gasteiger partial charge in [0.2, 0.25) is 0 Å². The van der Waals surface area contributed by atoms with Gasteiger partial charge in [0.05, 0.1) is 0 Å². The molecule has 0 aliphatic rings. The normalized spacial score (nSPS) is 10.4. The van der Waals surface area contributed by atoms with Gasteiger partial charge in [-0.05, 0) is 37.1 Å². The minimum Gasteiger partial charge on any atom is -0.342 e. The molecule has 1 aromatic carbocycles. The number of nitrogens with one attached hydrogen (secondary N) is 2. The van der Waals surface area contributed by atoms with Crippen LogP contribution in [0.25, 0.3) is 0 Å². The van der Waals surface area contributed by atoms with Crippen LogP contribution in [0.2, 0.25) is 0 Å². The quantitative estimate of drug-likeness (QED) is 0.841. The van der Waals surface area contributed by atoms with Gasteiger partial charge in [0.1, 0.15) is 5.82 Å². The van der Waals surface area contributed by atoms with Crippen LogP contribution in [0.15, 0.2) is 33.9 Å². The van der Waals surface area contributed by atoms with Gasteiger partial charge in [-0.1, -0.05) is 6.07 Å². The highest BCUT2D eigenvalue weighted by Crippen LogP contribution is 2.16. The van der Waals surface area contributed by atoms with Crippen LogP contribution in [-0.4, -0.2) is 9.55 Å². The van der Waals surface area contributed by atoms with Gasteiger partial charge in [-0.25, -0.2) is 4.79 Å². The van der Waals surface area contributed by atoms with Crippen molar-refractivity contribution in [3.63, 3.8) is 0 Å². The first-order chi connectivity index (χ1) is 8.47. The number of aromatic amines is 1. The molecule has 2 aromatic rings. The summed E-state index contributed by atoms with van der Waals surface area (Å²) in [5.41, 5.74) is 2.39. The zero-order valence-corrected chi connectivity index (χ0v) is 10.6. The number of H-pyrrole nitrogens is 1. The van der Waals surface area contributed by atoms with Crippen LogP contribution in [-0.2, 0) is 7.05 Å². The van der Waals surface area contributed by atoms with Gasteiger partial charge in [0.15, 0.2) is 0 Å². The first-order valence-electron chi connectivity index (χ1n) is 5.62. The van der Waals surface area contributed by atoms with Crippen LogP contribution < -0.4 is 16.6 Å². The fourth-order valence-electron chi connectivity index (χ4n) is 1.60. The molecule has 1 aromatic heterocycles. The van der Waals surface area contributed by atoms with Gasteiger partial charge >= 0.3 is 5.69 Å². The van der Waals surface area contributed by atoms with Gasteiger partial charge in [-0.15, -0.1) is 0 Å². The van der Waals surface area contributed by atoms with Gasteiger partial charge in [-0.2, -0.15) is 0 Å². The molecule has 94 valence electrons. The van der Waals surface area contributed by atoms with Crippen LogP contribution in [0.5, 0.6) is 0 Å². The number of aromatic nitrogens is 2. The molecular formula is C13H15N3O2. The molecule has 1 heterocycles. The van der Waals surface area contributed by atoms with E-state index in [1.807, 2.05) is 32.0 Å². The zero-order valence-electron chi connectivity index (χ0n) is 10.6. The molecule has 0 spiro atoms. The molecule has 0 bridgehead atoms. The Morgan fingerprint density at radius 3 is 2.44 bits per heavy atom. The molecule has 5 heteroatoms. The smallest absolute Gasteiger partial charge is 0.329 e. The summed E-state index contributed by atoms with van der Waals surface area (Å²) < 4.78 is 1.02. The van der Waals surface area contributed by atoms with Crippen molar-refractivity contribution in [1.82, 2.24) is 9.55 Å². The highest BCUT2D eigenvalue weighted by atomic mass is 16.2. The predicted octanol–water partition coefficient (Wildman–Crippen LogP) is 1.43. The highest BCUT2D eigenvalue weighted by Gasteiger charge is 2.02. The largest absolute Gasteiger partial charge is 0.342 e. The second-order valence-electron chi connectivity index (χ2n) is 4.31. The second kappa shape index (κ2) is 4.52. The van der Waals surface area contributed by atoms with Gasteiger partial charge in [-0.3, -0.25) is 14.3 Å². The number of hydrogen-bond donors (Lipinski definition) is 2. The summed E-state index contributed by atoms with van der Waals surface area (Å²) in [5.74, 6) is 0.395. The predicted molar refractivity (Wildman–Crippen MR) is 71.5 cm³/mol. The van der Waals surface area contributed by atoms with Gasteiger partial charge in [0, 0.05) is 18.8 Å². The Morgan fingerprint density at radius 1 is 1.11 bits per heavy atom. The molecule has 0 aliphatic heterocycles. The van der Waals surface area contributed by atoms with E-state index in [1.54, 1.807) is 0 Å². The second-order valence-corrected chi connectivity index (χ2v) is 4.31. The van der Waals surface area contributed by atoms with Crippen molar-refractivity contribution in [2.24, 2.45) is 7.05 Å². The number of nitrogens with zero attached hydrogens (tertiary/aromatic N) is 1. The minimum atomic E-state index is -0.436. The van der Waals surface area contributed by atoms with Gasteiger partial charge < -0.3 is 5.32 Å². The first-order valence-corrected chi connectivity index (χ1v) is 5.62. The maximum Gasteiger partial charge on any atom is 0.329 e. The lowest BCUT2D eigenvalue weighted by Crippen LogP contribution is -2.32. The molecule has 0 saturated carbocycles. The topological polar surface area (TPSA) is 66.9 Å². The van der Waals surface area contributed by atoms with Crippen molar-refractivity contribution in [3.05, 3.63) is 56.2 Å². The Balaban J connectivity index is 2.37. The molecule has 5 nitrogen and oxygen atoms in total. The molecule has 0 aliphatic carbocycles. The Labute approximate surface area is 104 Å². The SMILES string of the molecule is Cc1ccc(Nc2cc(=O)n(C)c(=O)[nH]2)cc1C. The van der Waals surface area contributed by atoms with E-state index in [4.69, 9.17) is 0 Å². The lowest BCUT2D eigenvalue weighted by Gasteiger charge is -2.08. The molecule has 0 amide bonds. The fraction of sp³-hybridized carbons (Fsp3) is 0.231. The van der Waals surface area contributed by atoms with E-state index in [2.05, 4.69) is 10.3 Å². The van der Waals surface area contributed by atoms with Crippen molar-refractivity contribution in [2.45, 2.75) is 13.8 Å². The third-order valence-electron chi connectivity index (χ3n) is 2.93. The number of benzene rings is 1. The maximum atomic E-state index is 11.5. The minimum absolute atomic E-state index is 0.343. The molecular weight excluding hydrogens is 230 g/mol. The molecule has 0 radical (unpaired) electrons. The van der Waals surface area contributed by atoms with E-state index in [9.17, 15) is 9.59 Å². The Kier molecular flexibility index (Phi) is 3.06. The molecule has 0 fully saturated rings. The standard InChI is InChI=1S/C13H15N3O2/c1-8-4-5-10(6-9(8)2)14-11-7-12(17)16(3)13(18)15-11/h4-7,14H,1-3H3,(H,15,18). The molecule has 18 heavy (non-hydrogen) atoms. The monoisotopic (exact) mass is 245 g/mol. The zero-order chi connectivity index (χ0) is 13.3. The summed E-state index contributed by atoms with van der Waals surface area (Å²) in [6, 6.07) is 7.21. The lowest BCUT2D eigenvalue weighted by atomic mass is 10.1. The van der Waals surface area contributed by atoms with Crippen molar-refractivity contribution >= 4 is 11.5 Å². The van der Waals surface area contributed by atoms with Crippen LogP contribution in [0.4, 0.5) is 11.5 Å². The van der Waals surface area contributed by atoms with Crippen LogP contribution in [0.3, 0.4) is 0 Å². The average molecular weight is 245 g/mol. The molecule has 0 atom stereocenters. The summed E-state index contributed by atoms with van der Waals surface area (Å²) >= 11 is 0. The van der Waals surface area contributed by atoms with Crippen LogP contribution in [0.1, 0.15) is 11.1 Å². The average Bonchev–Trinajstić information content (AvgIpc) is 2.31. The molecule has 2 N–H and O–H groups in total. The Bertz CT molecular complexity index is 667. The molecule has 2 rings (SSSR count). The molecule has 0 saturated heterocycles. The number of aryl methyl sites for hydroxylation is 2. The molecule has 0 unspecified atom stereocenters. The summed E-state index contributed by atoms with van der Waals surface area (Å²) in [4.78, 5) is 25.5. The van der Waals surface area contributed by atoms with Crippen LogP contribution >= 0.6 is 0 Å².